The molecule has 1 fully saturated rings. The van der Waals surface area contributed by atoms with Gasteiger partial charge in [0, 0.05) is 12.6 Å². The molecule has 154 valence electrons. The minimum Gasteiger partial charge on any atom is -0.450 e. The molecule has 3 rings (SSSR count). The van der Waals surface area contributed by atoms with E-state index in [1.54, 1.807) is 35.2 Å². The first-order chi connectivity index (χ1) is 14.3. The molecular weight excluding hydrogens is 430 g/mol. The van der Waals surface area contributed by atoms with Crippen molar-refractivity contribution in [1.29, 1.82) is 0 Å². The van der Waals surface area contributed by atoms with Crippen molar-refractivity contribution in [2.24, 2.45) is 0 Å². The van der Waals surface area contributed by atoms with Crippen LogP contribution < -0.4 is 4.74 Å². The molecule has 0 saturated carbocycles. The summed E-state index contributed by atoms with van der Waals surface area (Å²) in [5.74, 6) is 0.0649. The minimum absolute atomic E-state index is 0.112. The molecule has 11 heteroatoms. The minimum atomic E-state index is -0.741. The number of rotatable bonds is 7. The molecule has 0 N–H and O–H groups in total. The number of nitrogens with zero attached hydrogens (tertiary/aromatic N) is 3. The van der Waals surface area contributed by atoms with Crippen molar-refractivity contribution >= 4 is 51.7 Å². The van der Waals surface area contributed by atoms with Gasteiger partial charge in [0.15, 0.2) is 0 Å². The van der Waals surface area contributed by atoms with Crippen LogP contribution in [0.2, 0.25) is 0 Å². The molecule has 0 unspecified atom stereocenters. The number of non-ortho nitro benzene ring substituents is 1. The Kier molecular flexibility index (Phi) is 6.43. The maximum atomic E-state index is 12.4. The highest BCUT2D eigenvalue weighted by molar-refractivity contribution is 8.26. The number of nitro groups is 2. The number of ether oxygens (including phenoxy) is 1. The Morgan fingerprint density at radius 1 is 1.13 bits per heavy atom. The van der Waals surface area contributed by atoms with E-state index in [1.807, 2.05) is 6.92 Å². The molecule has 1 amide bonds. The highest BCUT2D eigenvalue weighted by Crippen LogP contribution is 2.35. The zero-order valence-electron chi connectivity index (χ0n) is 15.6. The molecule has 2 aromatic rings. The molecule has 9 nitrogen and oxygen atoms in total. The third kappa shape index (κ3) is 4.63. The molecule has 1 saturated heterocycles. The van der Waals surface area contributed by atoms with Gasteiger partial charge in [-0.05, 0) is 36.3 Å². The Bertz CT molecular complexity index is 1070. The van der Waals surface area contributed by atoms with Gasteiger partial charge >= 0.3 is 5.69 Å². The number of hydrogen-bond donors (Lipinski definition) is 0. The number of benzene rings is 2. The molecule has 2 aromatic carbocycles. The molecule has 0 aromatic heterocycles. The normalized spacial score (nSPS) is 15.0. The highest BCUT2D eigenvalue weighted by atomic mass is 32.2. The SMILES string of the molecule is CCCN1C(=O)/C(=C/c2ccc(Oc3ccc([N+](=O)[O-])cc3[N+](=O)[O-])cc2)SC1=S. The number of thioether (sulfide) groups is 1. The van der Waals surface area contributed by atoms with E-state index in [9.17, 15) is 25.0 Å². The molecule has 0 radical (unpaired) electrons. The number of nitro benzene ring substituents is 2. The van der Waals surface area contributed by atoms with Crippen LogP contribution >= 0.6 is 24.0 Å². The highest BCUT2D eigenvalue weighted by Gasteiger charge is 2.31. The third-order valence-corrected chi connectivity index (χ3v) is 5.45. The summed E-state index contributed by atoms with van der Waals surface area (Å²) in [6, 6.07) is 9.73. The van der Waals surface area contributed by atoms with Gasteiger partial charge in [-0.25, -0.2) is 0 Å². The topological polar surface area (TPSA) is 116 Å². The van der Waals surface area contributed by atoms with Gasteiger partial charge in [0.25, 0.3) is 11.6 Å². The molecule has 30 heavy (non-hydrogen) atoms. The van der Waals surface area contributed by atoms with Gasteiger partial charge < -0.3 is 4.74 Å². The maximum absolute atomic E-state index is 12.4. The second kappa shape index (κ2) is 9.01. The molecular formula is C19H15N3O6S2. The number of hydrogen-bond acceptors (Lipinski definition) is 8. The summed E-state index contributed by atoms with van der Waals surface area (Å²) >= 11 is 6.48. The van der Waals surface area contributed by atoms with E-state index in [0.29, 0.717) is 21.5 Å². The van der Waals surface area contributed by atoms with Crippen LogP contribution in [0.4, 0.5) is 11.4 Å². The second-order valence-electron chi connectivity index (χ2n) is 6.17. The summed E-state index contributed by atoms with van der Waals surface area (Å²) in [4.78, 5) is 35.1. The van der Waals surface area contributed by atoms with E-state index in [1.165, 1.54) is 17.8 Å². The lowest BCUT2D eigenvalue weighted by Gasteiger charge is -2.11. The van der Waals surface area contributed by atoms with Crippen molar-refractivity contribution < 1.29 is 19.4 Å². The summed E-state index contributed by atoms with van der Waals surface area (Å²) in [5.41, 5.74) is -0.171. The maximum Gasteiger partial charge on any atom is 0.318 e. The quantitative estimate of drug-likeness (QED) is 0.256. The van der Waals surface area contributed by atoms with E-state index in [2.05, 4.69) is 0 Å². The largest absolute Gasteiger partial charge is 0.450 e. The Balaban J connectivity index is 1.79. The number of carbonyl (C=O) groups is 1. The van der Waals surface area contributed by atoms with Crippen LogP contribution in [0.3, 0.4) is 0 Å². The molecule has 0 atom stereocenters. The van der Waals surface area contributed by atoms with Crippen LogP contribution in [0.5, 0.6) is 11.5 Å². The first-order valence-electron chi connectivity index (χ1n) is 8.76. The van der Waals surface area contributed by atoms with Gasteiger partial charge in [0.1, 0.15) is 10.1 Å². The lowest BCUT2D eigenvalue weighted by Crippen LogP contribution is -2.28. The van der Waals surface area contributed by atoms with Crippen molar-refractivity contribution in [3.05, 3.63) is 73.2 Å². The van der Waals surface area contributed by atoms with Gasteiger partial charge in [0.2, 0.25) is 5.75 Å². The van der Waals surface area contributed by atoms with E-state index in [-0.39, 0.29) is 11.7 Å². The Hall–Kier alpha value is -3.31. The van der Waals surface area contributed by atoms with Crippen LogP contribution in [0, 0.1) is 20.2 Å². The third-order valence-electron chi connectivity index (χ3n) is 4.08. The number of amides is 1. The van der Waals surface area contributed by atoms with Crippen LogP contribution in [0.25, 0.3) is 6.08 Å². The summed E-state index contributed by atoms with van der Waals surface area (Å²) < 4.78 is 6.06. The predicted molar refractivity (Wildman–Crippen MR) is 116 cm³/mol. The van der Waals surface area contributed by atoms with Crippen molar-refractivity contribution in [1.82, 2.24) is 4.90 Å². The van der Waals surface area contributed by atoms with E-state index < -0.39 is 21.2 Å². The lowest BCUT2D eigenvalue weighted by atomic mass is 10.2. The lowest BCUT2D eigenvalue weighted by molar-refractivity contribution is -0.394. The molecule has 0 spiro atoms. The summed E-state index contributed by atoms with van der Waals surface area (Å²) in [5, 5.41) is 22.0. The monoisotopic (exact) mass is 445 g/mol. The van der Waals surface area contributed by atoms with Crippen LogP contribution in [0.1, 0.15) is 18.9 Å². The van der Waals surface area contributed by atoms with Crippen molar-refractivity contribution in [3.63, 3.8) is 0 Å². The fourth-order valence-electron chi connectivity index (χ4n) is 2.68. The first-order valence-corrected chi connectivity index (χ1v) is 9.98. The zero-order chi connectivity index (χ0) is 21.8. The molecule has 1 aliphatic heterocycles. The predicted octanol–water partition coefficient (Wildman–Crippen LogP) is 4.91. The van der Waals surface area contributed by atoms with Crippen molar-refractivity contribution in [2.45, 2.75) is 13.3 Å². The van der Waals surface area contributed by atoms with Crippen molar-refractivity contribution in [2.75, 3.05) is 6.54 Å². The number of carbonyl (C=O) groups excluding carboxylic acids is 1. The van der Waals surface area contributed by atoms with Gasteiger partial charge in [-0.3, -0.25) is 29.9 Å². The molecule has 0 bridgehead atoms. The fourth-order valence-corrected chi connectivity index (χ4v) is 3.98. The number of thiocarbonyl (C=S) groups is 1. The smallest absolute Gasteiger partial charge is 0.318 e. The van der Waals surface area contributed by atoms with E-state index >= 15 is 0 Å². The van der Waals surface area contributed by atoms with Gasteiger partial charge in [-0.2, -0.15) is 0 Å². The zero-order valence-corrected chi connectivity index (χ0v) is 17.3. The Morgan fingerprint density at radius 2 is 1.83 bits per heavy atom. The van der Waals surface area contributed by atoms with E-state index in [0.717, 1.165) is 24.1 Å². The van der Waals surface area contributed by atoms with E-state index in [4.69, 9.17) is 17.0 Å². The van der Waals surface area contributed by atoms with Gasteiger partial charge in [-0.15, -0.1) is 0 Å². The summed E-state index contributed by atoms with van der Waals surface area (Å²) in [7, 11) is 0. The Morgan fingerprint density at radius 3 is 2.43 bits per heavy atom. The Labute approximate surface area is 180 Å². The average Bonchev–Trinajstić information content (AvgIpc) is 2.97. The average molecular weight is 445 g/mol. The second-order valence-corrected chi connectivity index (χ2v) is 7.85. The van der Waals surface area contributed by atoms with Crippen LogP contribution in [-0.4, -0.2) is 31.5 Å². The van der Waals surface area contributed by atoms with Crippen LogP contribution in [-0.2, 0) is 4.79 Å². The van der Waals surface area contributed by atoms with Gasteiger partial charge in [-0.1, -0.05) is 43.0 Å². The van der Waals surface area contributed by atoms with Gasteiger partial charge in [0.05, 0.1) is 20.8 Å². The summed E-state index contributed by atoms with van der Waals surface area (Å²) in [6.07, 6.45) is 2.52. The molecule has 1 aliphatic rings. The molecule has 0 aliphatic carbocycles. The fraction of sp³-hybridized carbons (Fsp3) is 0.158. The summed E-state index contributed by atoms with van der Waals surface area (Å²) in [6.45, 7) is 2.54. The first kappa shape index (κ1) is 21.4. The van der Waals surface area contributed by atoms with Crippen LogP contribution in [0.15, 0.2) is 47.4 Å². The standard InChI is InChI=1S/C19H15N3O6S2/c1-2-9-20-18(23)17(30-19(20)29)10-12-3-6-14(7-4-12)28-16-8-5-13(21(24)25)11-15(16)22(26)27/h3-8,10-11H,2,9H2,1H3/b17-10-. The molecule has 1 heterocycles. The van der Waals surface area contributed by atoms with Crippen molar-refractivity contribution in [3.8, 4) is 11.5 Å².